The highest BCUT2D eigenvalue weighted by Gasteiger charge is 2.04. The first-order valence-electron chi connectivity index (χ1n) is 5.81. The zero-order valence-corrected chi connectivity index (χ0v) is 10.8. The molecule has 0 saturated heterocycles. The number of nitrogens with zero attached hydrogens (tertiary/aromatic N) is 1. The van der Waals surface area contributed by atoms with Crippen molar-refractivity contribution in [3.05, 3.63) is 34.3 Å². The van der Waals surface area contributed by atoms with Crippen LogP contribution in [-0.4, -0.2) is 29.6 Å². The van der Waals surface area contributed by atoms with Crippen molar-refractivity contribution in [2.45, 2.75) is 26.9 Å². The third-order valence-corrected chi connectivity index (χ3v) is 3.25. The highest BCUT2D eigenvalue weighted by atomic mass is 35.5. The second kappa shape index (κ2) is 6.89. The average Bonchev–Trinajstić information content (AvgIpc) is 2.32. The Morgan fingerprint density at radius 1 is 1.25 bits per heavy atom. The minimum Gasteiger partial charge on any atom is -0.392 e. The number of aliphatic hydroxyl groups excluding tert-OH is 1. The van der Waals surface area contributed by atoms with Gasteiger partial charge >= 0.3 is 0 Å². The lowest BCUT2D eigenvalue weighted by molar-refractivity contribution is 0.281. The van der Waals surface area contributed by atoms with E-state index in [0.29, 0.717) is 0 Å². The van der Waals surface area contributed by atoms with Crippen LogP contribution in [0.3, 0.4) is 0 Å². The Hall–Kier alpha value is -0.570. The van der Waals surface area contributed by atoms with Gasteiger partial charge in [-0.3, -0.25) is 0 Å². The molecule has 0 amide bonds. The summed E-state index contributed by atoms with van der Waals surface area (Å²) in [5.74, 6) is 0. The van der Waals surface area contributed by atoms with E-state index in [4.69, 9.17) is 16.7 Å². The quantitative estimate of drug-likeness (QED) is 0.828. The van der Waals surface area contributed by atoms with Crippen molar-refractivity contribution in [1.82, 2.24) is 4.90 Å². The Labute approximate surface area is 103 Å². The summed E-state index contributed by atoms with van der Waals surface area (Å²) < 4.78 is 0. The van der Waals surface area contributed by atoms with E-state index >= 15 is 0 Å². The van der Waals surface area contributed by atoms with Gasteiger partial charge in [0.1, 0.15) is 0 Å². The Kier molecular flexibility index (Phi) is 5.81. The van der Waals surface area contributed by atoms with E-state index in [0.717, 1.165) is 42.2 Å². The van der Waals surface area contributed by atoms with Gasteiger partial charge in [0.05, 0.1) is 6.61 Å². The van der Waals surface area contributed by atoms with Crippen molar-refractivity contribution in [1.29, 1.82) is 0 Å². The first-order valence-corrected chi connectivity index (χ1v) is 6.19. The van der Waals surface area contributed by atoms with Crippen molar-refractivity contribution < 1.29 is 5.11 Å². The maximum absolute atomic E-state index is 9.07. The molecule has 0 heterocycles. The summed E-state index contributed by atoms with van der Waals surface area (Å²) in [4.78, 5) is 2.36. The number of rotatable bonds is 6. The molecular weight excluding hydrogens is 222 g/mol. The molecule has 3 heteroatoms. The van der Waals surface area contributed by atoms with Gasteiger partial charge in [0.2, 0.25) is 0 Å². The number of hydrogen-bond donors (Lipinski definition) is 1. The molecule has 1 aromatic rings. The first kappa shape index (κ1) is 13.5. The highest BCUT2D eigenvalue weighted by molar-refractivity contribution is 6.31. The number of halogens is 1. The summed E-state index contributed by atoms with van der Waals surface area (Å²) in [6, 6.07) is 5.72. The van der Waals surface area contributed by atoms with Gasteiger partial charge in [-0.15, -0.1) is 0 Å². The molecule has 1 aromatic carbocycles. The fraction of sp³-hybridized carbons (Fsp3) is 0.538. The minimum absolute atomic E-state index is 0.0788. The van der Waals surface area contributed by atoms with E-state index in [1.165, 1.54) is 0 Å². The monoisotopic (exact) mass is 241 g/mol. The zero-order chi connectivity index (χ0) is 12.0. The molecule has 1 N–H and O–H groups in total. The maximum Gasteiger partial charge on any atom is 0.0681 e. The van der Waals surface area contributed by atoms with Gasteiger partial charge in [-0.25, -0.2) is 0 Å². The van der Waals surface area contributed by atoms with Gasteiger partial charge in [0, 0.05) is 11.6 Å². The minimum atomic E-state index is 0.0788. The summed E-state index contributed by atoms with van der Waals surface area (Å²) in [6.45, 7) is 7.54. The van der Waals surface area contributed by atoms with Crippen molar-refractivity contribution >= 4 is 11.6 Å². The molecule has 1 rings (SSSR count). The Morgan fingerprint density at radius 3 is 2.50 bits per heavy atom. The van der Waals surface area contributed by atoms with Crippen LogP contribution in [-0.2, 0) is 13.0 Å². The van der Waals surface area contributed by atoms with E-state index in [2.05, 4.69) is 18.7 Å². The van der Waals surface area contributed by atoms with Crippen LogP contribution < -0.4 is 0 Å². The fourth-order valence-electron chi connectivity index (χ4n) is 1.74. The van der Waals surface area contributed by atoms with Crippen molar-refractivity contribution in [2.75, 3.05) is 19.6 Å². The predicted octanol–water partition coefficient (Wildman–Crippen LogP) is 2.72. The Balaban J connectivity index is 2.65. The van der Waals surface area contributed by atoms with Crippen LogP contribution in [0.4, 0.5) is 0 Å². The molecular formula is C13H20ClNO. The summed E-state index contributed by atoms with van der Waals surface area (Å²) >= 11 is 6.12. The molecule has 0 radical (unpaired) electrons. The Bertz CT molecular complexity index is 324. The van der Waals surface area contributed by atoms with Gasteiger partial charge < -0.3 is 10.0 Å². The summed E-state index contributed by atoms with van der Waals surface area (Å²) in [6.07, 6.45) is 0.939. The first-order chi connectivity index (χ1) is 7.71. The van der Waals surface area contributed by atoms with E-state index in [1.54, 1.807) is 0 Å². The summed E-state index contributed by atoms with van der Waals surface area (Å²) in [5.41, 5.74) is 2.05. The molecule has 0 fully saturated rings. The zero-order valence-electron chi connectivity index (χ0n) is 10.0. The van der Waals surface area contributed by atoms with Crippen LogP contribution in [0.2, 0.25) is 5.02 Å². The molecule has 16 heavy (non-hydrogen) atoms. The van der Waals surface area contributed by atoms with Crippen molar-refractivity contribution in [3.63, 3.8) is 0 Å². The van der Waals surface area contributed by atoms with Crippen molar-refractivity contribution in [2.24, 2.45) is 0 Å². The molecule has 0 aromatic heterocycles. The molecule has 0 unspecified atom stereocenters. The van der Waals surface area contributed by atoms with E-state index in [1.807, 2.05) is 18.2 Å². The molecule has 90 valence electrons. The molecule has 0 bridgehead atoms. The average molecular weight is 242 g/mol. The molecule has 0 atom stereocenters. The second-order valence-corrected chi connectivity index (χ2v) is 4.27. The van der Waals surface area contributed by atoms with Gasteiger partial charge in [-0.2, -0.15) is 0 Å². The SMILES string of the molecule is CCN(CC)CCc1cc(CO)ccc1Cl. The maximum atomic E-state index is 9.07. The lowest BCUT2D eigenvalue weighted by atomic mass is 10.1. The summed E-state index contributed by atoms with van der Waals surface area (Å²) in [7, 11) is 0. The van der Waals surface area contributed by atoms with Crippen LogP contribution in [0.1, 0.15) is 25.0 Å². The van der Waals surface area contributed by atoms with Crippen LogP contribution in [0, 0.1) is 0 Å². The number of likely N-dealkylation sites (N-methyl/N-ethyl adjacent to an activating group) is 1. The molecule has 2 nitrogen and oxygen atoms in total. The largest absolute Gasteiger partial charge is 0.392 e. The molecule has 0 saturated carbocycles. The van der Waals surface area contributed by atoms with Gasteiger partial charge in [-0.05, 0) is 36.7 Å². The van der Waals surface area contributed by atoms with E-state index < -0.39 is 0 Å². The second-order valence-electron chi connectivity index (χ2n) is 3.86. The van der Waals surface area contributed by atoms with Crippen LogP contribution >= 0.6 is 11.6 Å². The van der Waals surface area contributed by atoms with Crippen LogP contribution in [0.15, 0.2) is 18.2 Å². The van der Waals surface area contributed by atoms with Gasteiger partial charge in [0.15, 0.2) is 0 Å². The van der Waals surface area contributed by atoms with Gasteiger partial charge in [0.25, 0.3) is 0 Å². The number of benzene rings is 1. The summed E-state index contributed by atoms with van der Waals surface area (Å²) in [5, 5.41) is 9.86. The number of aliphatic hydroxyl groups is 1. The molecule has 0 aliphatic heterocycles. The number of hydrogen-bond acceptors (Lipinski definition) is 2. The third-order valence-electron chi connectivity index (χ3n) is 2.88. The standard InChI is InChI=1S/C13H20ClNO/c1-3-15(4-2)8-7-12-9-11(10-16)5-6-13(12)14/h5-6,9,16H,3-4,7-8,10H2,1-2H3. The van der Waals surface area contributed by atoms with E-state index in [-0.39, 0.29) is 6.61 Å². The van der Waals surface area contributed by atoms with Crippen molar-refractivity contribution in [3.8, 4) is 0 Å². The van der Waals surface area contributed by atoms with Crippen LogP contribution in [0.25, 0.3) is 0 Å². The predicted molar refractivity (Wildman–Crippen MR) is 68.9 cm³/mol. The third kappa shape index (κ3) is 3.78. The lowest BCUT2D eigenvalue weighted by Gasteiger charge is -2.18. The molecule has 0 aliphatic rings. The fourth-order valence-corrected chi connectivity index (χ4v) is 1.95. The highest BCUT2D eigenvalue weighted by Crippen LogP contribution is 2.18. The molecule has 0 aliphatic carbocycles. The smallest absolute Gasteiger partial charge is 0.0681 e. The topological polar surface area (TPSA) is 23.5 Å². The molecule has 0 spiro atoms. The Morgan fingerprint density at radius 2 is 1.94 bits per heavy atom. The normalized spacial score (nSPS) is 11.1. The van der Waals surface area contributed by atoms with E-state index in [9.17, 15) is 0 Å². The van der Waals surface area contributed by atoms with Gasteiger partial charge in [-0.1, -0.05) is 37.6 Å². The van der Waals surface area contributed by atoms with Crippen LogP contribution in [0.5, 0.6) is 0 Å². The lowest BCUT2D eigenvalue weighted by Crippen LogP contribution is -2.25.